The van der Waals surface area contributed by atoms with E-state index in [4.69, 9.17) is 4.74 Å². The monoisotopic (exact) mass is 226 g/mol. The average molecular weight is 226 g/mol. The Labute approximate surface area is 97.3 Å². The molecule has 0 aromatic carbocycles. The van der Waals surface area contributed by atoms with Gasteiger partial charge in [0, 0.05) is 5.92 Å². The summed E-state index contributed by atoms with van der Waals surface area (Å²) in [5.74, 6) is 0.564. The van der Waals surface area contributed by atoms with Gasteiger partial charge in [-0.25, -0.2) is 0 Å². The molecule has 2 atom stereocenters. The normalized spacial score (nSPS) is 32.8. The second-order valence-corrected chi connectivity index (χ2v) is 5.01. The lowest BCUT2D eigenvalue weighted by atomic mass is 9.95. The fourth-order valence-corrected chi connectivity index (χ4v) is 2.72. The molecule has 0 radical (unpaired) electrons. The minimum atomic E-state index is 0.226. The van der Waals surface area contributed by atoms with Crippen LogP contribution in [0, 0.1) is 5.92 Å². The van der Waals surface area contributed by atoms with Crippen LogP contribution in [0.4, 0.5) is 0 Å². The number of hydrogen-bond donors (Lipinski definition) is 1. The summed E-state index contributed by atoms with van der Waals surface area (Å²) in [6.07, 6.45) is 1.96. The second-order valence-electron chi connectivity index (χ2n) is 5.01. The number of nitrogens with one attached hydrogen (secondary N) is 1. The van der Waals surface area contributed by atoms with Crippen molar-refractivity contribution in [2.24, 2.45) is 5.92 Å². The van der Waals surface area contributed by atoms with E-state index in [0.29, 0.717) is 19.1 Å². The van der Waals surface area contributed by atoms with Crippen LogP contribution in [0.25, 0.3) is 0 Å². The molecule has 0 saturated carbocycles. The second kappa shape index (κ2) is 5.15. The number of piperidine rings is 1. The van der Waals surface area contributed by atoms with E-state index in [9.17, 15) is 4.79 Å². The Bertz CT molecular complexity index is 241. The average Bonchev–Trinajstić information content (AvgIpc) is 2.30. The van der Waals surface area contributed by atoms with E-state index in [1.165, 1.54) is 0 Å². The largest absolute Gasteiger partial charge is 0.377 e. The first kappa shape index (κ1) is 11.9. The highest BCUT2D eigenvalue weighted by Crippen LogP contribution is 2.21. The number of carbonyl (C=O) groups excluding carboxylic acids is 1. The third-order valence-corrected chi connectivity index (χ3v) is 3.61. The molecule has 0 aromatic rings. The Morgan fingerprint density at radius 2 is 1.75 bits per heavy atom. The summed E-state index contributed by atoms with van der Waals surface area (Å²) in [5.41, 5.74) is 0. The summed E-state index contributed by atoms with van der Waals surface area (Å²) in [5, 5.41) is 3.30. The summed E-state index contributed by atoms with van der Waals surface area (Å²) in [6.45, 7) is 7.47. The van der Waals surface area contributed by atoms with Crippen LogP contribution in [0.3, 0.4) is 0 Å². The Balaban J connectivity index is 2.00. The molecular weight excluding hydrogens is 204 g/mol. The van der Waals surface area contributed by atoms with Crippen molar-refractivity contribution in [1.29, 1.82) is 0 Å². The molecule has 4 heteroatoms. The first-order valence-electron chi connectivity index (χ1n) is 6.30. The van der Waals surface area contributed by atoms with E-state index in [0.717, 1.165) is 25.9 Å². The zero-order valence-corrected chi connectivity index (χ0v) is 10.2. The Hall–Kier alpha value is -0.610. The molecule has 92 valence electrons. The SMILES string of the molecule is CC1COCC(C)N1C(=O)C1CCNCC1. The van der Waals surface area contributed by atoms with E-state index < -0.39 is 0 Å². The highest BCUT2D eigenvalue weighted by atomic mass is 16.5. The van der Waals surface area contributed by atoms with Crippen molar-refractivity contribution in [3.05, 3.63) is 0 Å². The fourth-order valence-electron chi connectivity index (χ4n) is 2.72. The molecule has 2 rings (SSSR count). The number of hydrogen-bond acceptors (Lipinski definition) is 3. The van der Waals surface area contributed by atoms with Crippen LogP contribution in [0.15, 0.2) is 0 Å². The van der Waals surface area contributed by atoms with Crippen molar-refractivity contribution in [3.63, 3.8) is 0 Å². The predicted molar refractivity (Wildman–Crippen MR) is 62.2 cm³/mol. The molecule has 1 amide bonds. The number of nitrogens with zero attached hydrogens (tertiary/aromatic N) is 1. The maximum Gasteiger partial charge on any atom is 0.226 e. The molecule has 2 fully saturated rings. The number of amides is 1. The topological polar surface area (TPSA) is 41.6 Å². The van der Waals surface area contributed by atoms with Crippen LogP contribution in [0.1, 0.15) is 26.7 Å². The van der Waals surface area contributed by atoms with E-state index in [-0.39, 0.29) is 18.0 Å². The number of rotatable bonds is 1. The van der Waals surface area contributed by atoms with Gasteiger partial charge < -0.3 is 15.0 Å². The van der Waals surface area contributed by atoms with E-state index in [2.05, 4.69) is 19.2 Å². The minimum absolute atomic E-state index is 0.226. The Kier molecular flexibility index (Phi) is 3.82. The molecule has 0 spiro atoms. The highest BCUT2D eigenvalue weighted by molar-refractivity contribution is 5.79. The van der Waals surface area contributed by atoms with Gasteiger partial charge in [-0.3, -0.25) is 4.79 Å². The lowest BCUT2D eigenvalue weighted by Gasteiger charge is -2.41. The summed E-state index contributed by atoms with van der Waals surface area (Å²) in [4.78, 5) is 14.5. The summed E-state index contributed by atoms with van der Waals surface area (Å²) < 4.78 is 5.46. The van der Waals surface area contributed by atoms with Crippen molar-refractivity contribution in [2.75, 3.05) is 26.3 Å². The summed E-state index contributed by atoms with van der Waals surface area (Å²) in [6, 6.07) is 0.456. The van der Waals surface area contributed by atoms with Crippen LogP contribution in [-0.4, -0.2) is 49.2 Å². The first-order valence-corrected chi connectivity index (χ1v) is 6.30. The van der Waals surface area contributed by atoms with Crippen LogP contribution in [-0.2, 0) is 9.53 Å². The highest BCUT2D eigenvalue weighted by Gasteiger charge is 2.34. The standard InChI is InChI=1S/C12H22N2O2/c1-9-7-16-8-10(2)14(9)12(15)11-3-5-13-6-4-11/h9-11,13H,3-8H2,1-2H3. The molecule has 1 N–H and O–H groups in total. The van der Waals surface area contributed by atoms with Crippen LogP contribution in [0.2, 0.25) is 0 Å². The maximum atomic E-state index is 12.4. The van der Waals surface area contributed by atoms with Crippen LogP contribution in [0.5, 0.6) is 0 Å². The number of ether oxygens (including phenoxy) is 1. The summed E-state index contributed by atoms with van der Waals surface area (Å²) >= 11 is 0. The molecule has 0 bridgehead atoms. The van der Waals surface area contributed by atoms with Gasteiger partial charge in [0.15, 0.2) is 0 Å². The Morgan fingerprint density at radius 3 is 2.31 bits per heavy atom. The van der Waals surface area contributed by atoms with Crippen LogP contribution < -0.4 is 5.32 Å². The molecule has 2 aliphatic rings. The maximum absolute atomic E-state index is 12.4. The number of morpholine rings is 1. The van der Waals surface area contributed by atoms with Crippen molar-refractivity contribution < 1.29 is 9.53 Å². The zero-order valence-electron chi connectivity index (χ0n) is 10.2. The summed E-state index contributed by atoms with van der Waals surface area (Å²) in [7, 11) is 0. The number of carbonyl (C=O) groups is 1. The van der Waals surface area contributed by atoms with Gasteiger partial charge in [-0.05, 0) is 39.8 Å². The zero-order chi connectivity index (χ0) is 11.5. The van der Waals surface area contributed by atoms with Crippen molar-refractivity contribution >= 4 is 5.91 Å². The van der Waals surface area contributed by atoms with Crippen LogP contribution >= 0.6 is 0 Å². The van der Waals surface area contributed by atoms with Gasteiger partial charge >= 0.3 is 0 Å². The van der Waals surface area contributed by atoms with E-state index in [1.54, 1.807) is 0 Å². The smallest absolute Gasteiger partial charge is 0.226 e. The Morgan fingerprint density at radius 1 is 1.19 bits per heavy atom. The van der Waals surface area contributed by atoms with Crippen molar-refractivity contribution in [1.82, 2.24) is 10.2 Å². The lowest BCUT2D eigenvalue weighted by molar-refractivity contribution is -0.149. The molecule has 0 aliphatic carbocycles. The van der Waals surface area contributed by atoms with Gasteiger partial charge in [0.05, 0.1) is 25.3 Å². The molecule has 2 saturated heterocycles. The molecule has 0 aromatic heterocycles. The molecule has 2 aliphatic heterocycles. The quantitative estimate of drug-likeness (QED) is 0.713. The first-order chi connectivity index (χ1) is 7.70. The third kappa shape index (κ3) is 2.38. The predicted octanol–water partition coefficient (Wildman–Crippen LogP) is 0.622. The molecule has 4 nitrogen and oxygen atoms in total. The van der Waals surface area contributed by atoms with Gasteiger partial charge in [-0.2, -0.15) is 0 Å². The van der Waals surface area contributed by atoms with Gasteiger partial charge in [-0.1, -0.05) is 0 Å². The van der Waals surface area contributed by atoms with Gasteiger partial charge in [0.1, 0.15) is 0 Å². The fraction of sp³-hybridized carbons (Fsp3) is 0.917. The van der Waals surface area contributed by atoms with E-state index >= 15 is 0 Å². The molecular formula is C12H22N2O2. The lowest BCUT2D eigenvalue weighted by Crippen LogP contribution is -2.55. The van der Waals surface area contributed by atoms with Crippen molar-refractivity contribution in [2.45, 2.75) is 38.8 Å². The third-order valence-electron chi connectivity index (χ3n) is 3.61. The van der Waals surface area contributed by atoms with Gasteiger partial charge in [0.25, 0.3) is 0 Å². The molecule has 2 unspecified atom stereocenters. The van der Waals surface area contributed by atoms with Gasteiger partial charge in [0.2, 0.25) is 5.91 Å². The van der Waals surface area contributed by atoms with Crippen molar-refractivity contribution in [3.8, 4) is 0 Å². The minimum Gasteiger partial charge on any atom is -0.377 e. The van der Waals surface area contributed by atoms with Gasteiger partial charge in [-0.15, -0.1) is 0 Å². The molecule has 2 heterocycles. The molecule has 16 heavy (non-hydrogen) atoms. The van der Waals surface area contributed by atoms with E-state index in [1.807, 2.05) is 4.90 Å².